The number of anilines is 1. The molecule has 0 saturated heterocycles. The topological polar surface area (TPSA) is 51.2 Å². The Bertz CT molecular complexity index is 956. The lowest BCUT2D eigenvalue weighted by atomic mass is 10.1. The van der Waals surface area contributed by atoms with Crippen LogP contribution in [0.25, 0.3) is 11.3 Å². The molecule has 7 heteroatoms. The Morgan fingerprint density at radius 3 is 2.77 bits per heavy atom. The van der Waals surface area contributed by atoms with E-state index in [1.807, 2.05) is 30.5 Å². The molecule has 1 heterocycles. The van der Waals surface area contributed by atoms with Gasteiger partial charge in [-0.1, -0.05) is 35.3 Å². The maximum atomic E-state index is 12.3. The first-order chi connectivity index (χ1) is 12.5. The normalized spacial score (nSPS) is 10.6. The largest absolute Gasteiger partial charge is 0.496 e. The van der Waals surface area contributed by atoms with E-state index in [9.17, 15) is 4.79 Å². The molecule has 1 aromatic heterocycles. The van der Waals surface area contributed by atoms with Gasteiger partial charge in [-0.3, -0.25) is 4.79 Å². The van der Waals surface area contributed by atoms with Crippen LogP contribution < -0.4 is 10.1 Å². The fraction of sp³-hybridized carbons (Fsp3) is 0.158. The second kappa shape index (κ2) is 8.08. The summed E-state index contributed by atoms with van der Waals surface area (Å²) in [5, 5.41) is 6.32. The van der Waals surface area contributed by atoms with Crippen molar-refractivity contribution >= 4 is 45.6 Å². The Morgan fingerprint density at radius 2 is 2.04 bits per heavy atom. The number of aromatic nitrogens is 1. The third-order valence-corrected chi connectivity index (χ3v) is 5.10. The molecule has 0 aliphatic carbocycles. The van der Waals surface area contributed by atoms with Crippen molar-refractivity contribution in [3.63, 3.8) is 0 Å². The molecular formula is C19H16Cl2N2O2S. The van der Waals surface area contributed by atoms with Gasteiger partial charge in [0.1, 0.15) is 5.75 Å². The van der Waals surface area contributed by atoms with Crippen molar-refractivity contribution in [2.24, 2.45) is 0 Å². The quantitative estimate of drug-likeness (QED) is 0.598. The molecule has 0 fully saturated rings. The van der Waals surface area contributed by atoms with E-state index in [0.717, 1.165) is 22.4 Å². The molecule has 3 aromatic rings. The van der Waals surface area contributed by atoms with Gasteiger partial charge in [0.15, 0.2) is 5.13 Å². The first-order valence-electron chi connectivity index (χ1n) is 7.80. The van der Waals surface area contributed by atoms with Crippen molar-refractivity contribution in [3.05, 3.63) is 63.0 Å². The molecular weight excluding hydrogens is 391 g/mol. The number of ether oxygens (including phenoxy) is 1. The average Bonchev–Trinajstić information content (AvgIpc) is 3.05. The number of methoxy groups -OCH3 is 1. The molecule has 0 bridgehead atoms. The van der Waals surface area contributed by atoms with Crippen LogP contribution in [0.4, 0.5) is 5.13 Å². The summed E-state index contributed by atoms with van der Waals surface area (Å²) < 4.78 is 5.23. The van der Waals surface area contributed by atoms with Gasteiger partial charge in [-0.2, -0.15) is 0 Å². The second-order valence-electron chi connectivity index (χ2n) is 5.69. The zero-order chi connectivity index (χ0) is 18.7. The summed E-state index contributed by atoms with van der Waals surface area (Å²) in [5.74, 6) is 0.671. The summed E-state index contributed by atoms with van der Waals surface area (Å²) >= 11 is 13.6. The van der Waals surface area contributed by atoms with E-state index >= 15 is 0 Å². The maximum absolute atomic E-state index is 12.3. The van der Waals surface area contributed by atoms with Crippen LogP contribution in [0, 0.1) is 6.92 Å². The average molecular weight is 407 g/mol. The third-order valence-electron chi connectivity index (χ3n) is 3.78. The Hall–Kier alpha value is -2.08. The molecule has 0 atom stereocenters. The van der Waals surface area contributed by atoms with E-state index in [1.165, 1.54) is 11.3 Å². The minimum absolute atomic E-state index is 0.132. The van der Waals surface area contributed by atoms with Crippen LogP contribution in [0.3, 0.4) is 0 Å². The fourth-order valence-corrected chi connectivity index (χ4v) is 3.66. The molecule has 134 valence electrons. The number of carbonyl (C=O) groups excluding carboxylic acids is 1. The van der Waals surface area contributed by atoms with Crippen LogP contribution in [-0.2, 0) is 11.2 Å². The van der Waals surface area contributed by atoms with Crippen molar-refractivity contribution < 1.29 is 9.53 Å². The summed E-state index contributed by atoms with van der Waals surface area (Å²) in [4.78, 5) is 16.7. The predicted octanol–water partition coefficient (Wildman–Crippen LogP) is 5.62. The number of carbonyl (C=O) groups is 1. The van der Waals surface area contributed by atoms with Crippen molar-refractivity contribution in [1.82, 2.24) is 4.98 Å². The Labute approximate surface area is 165 Å². The van der Waals surface area contributed by atoms with Gasteiger partial charge in [-0.05, 0) is 42.3 Å². The van der Waals surface area contributed by atoms with Gasteiger partial charge < -0.3 is 10.1 Å². The fourth-order valence-electron chi connectivity index (χ4n) is 2.55. The van der Waals surface area contributed by atoms with E-state index in [4.69, 9.17) is 27.9 Å². The number of hydrogen-bond acceptors (Lipinski definition) is 4. The third kappa shape index (κ3) is 4.36. The number of halogens is 2. The maximum Gasteiger partial charge on any atom is 0.230 e. The summed E-state index contributed by atoms with van der Waals surface area (Å²) in [6.07, 6.45) is 0.262. The number of amides is 1. The highest BCUT2D eigenvalue weighted by atomic mass is 35.5. The summed E-state index contributed by atoms with van der Waals surface area (Å²) in [7, 11) is 1.63. The van der Waals surface area contributed by atoms with Crippen molar-refractivity contribution in [1.29, 1.82) is 0 Å². The van der Waals surface area contributed by atoms with Gasteiger partial charge >= 0.3 is 0 Å². The van der Waals surface area contributed by atoms with Gasteiger partial charge in [0.25, 0.3) is 0 Å². The predicted molar refractivity (Wildman–Crippen MR) is 108 cm³/mol. The van der Waals surface area contributed by atoms with Crippen molar-refractivity contribution in [2.75, 3.05) is 12.4 Å². The first-order valence-corrected chi connectivity index (χ1v) is 9.44. The molecule has 26 heavy (non-hydrogen) atoms. The highest BCUT2D eigenvalue weighted by Crippen LogP contribution is 2.32. The lowest BCUT2D eigenvalue weighted by molar-refractivity contribution is -0.115. The summed E-state index contributed by atoms with van der Waals surface area (Å²) in [5.41, 5.74) is 3.32. The Balaban J connectivity index is 1.70. The summed E-state index contributed by atoms with van der Waals surface area (Å²) in [6.45, 7) is 1.95. The zero-order valence-corrected chi connectivity index (χ0v) is 16.5. The molecule has 0 unspecified atom stereocenters. The molecule has 3 rings (SSSR count). The van der Waals surface area contributed by atoms with Gasteiger partial charge in [0, 0.05) is 16.0 Å². The van der Waals surface area contributed by atoms with Gasteiger partial charge in [-0.15, -0.1) is 11.3 Å². The lowest BCUT2D eigenvalue weighted by Crippen LogP contribution is -2.14. The van der Waals surface area contributed by atoms with E-state index in [-0.39, 0.29) is 12.3 Å². The van der Waals surface area contributed by atoms with Crippen LogP contribution in [0.2, 0.25) is 10.0 Å². The van der Waals surface area contributed by atoms with Crippen LogP contribution in [0.5, 0.6) is 5.75 Å². The number of thiazole rings is 1. The van der Waals surface area contributed by atoms with Crippen LogP contribution >= 0.6 is 34.5 Å². The molecule has 1 amide bonds. The van der Waals surface area contributed by atoms with E-state index in [0.29, 0.717) is 20.9 Å². The number of nitrogens with one attached hydrogen (secondary N) is 1. The highest BCUT2D eigenvalue weighted by Gasteiger charge is 2.12. The zero-order valence-electron chi connectivity index (χ0n) is 14.2. The smallest absolute Gasteiger partial charge is 0.230 e. The molecule has 0 aliphatic heterocycles. The SMILES string of the molecule is COc1ccc(CC(=O)Nc2nc(-c3cc(Cl)ccc3Cl)cs2)cc1C. The monoisotopic (exact) mass is 406 g/mol. The van der Waals surface area contributed by atoms with Crippen LogP contribution in [0.15, 0.2) is 41.8 Å². The van der Waals surface area contributed by atoms with E-state index in [2.05, 4.69) is 10.3 Å². The number of rotatable bonds is 5. The molecule has 1 N–H and O–H groups in total. The highest BCUT2D eigenvalue weighted by molar-refractivity contribution is 7.14. The molecule has 0 radical (unpaired) electrons. The summed E-state index contributed by atoms with van der Waals surface area (Å²) in [6, 6.07) is 10.9. The van der Waals surface area contributed by atoms with Crippen molar-refractivity contribution in [3.8, 4) is 17.0 Å². The number of hydrogen-bond donors (Lipinski definition) is 1. The van der Waals surface area contributed by atoms with E-state index in [1.54, 1.807) is 25.3 Å². The number of nitrogens with zero attached hydrogens (tertiary/aromatic N) is 1. The van der Waals surface area contributed by atoms with Crippen LogP contribution in [0.1, 0.15) is 11.1 Å². The standard InChI is InChI=1S/C19H16Cl2N2O2S/c1-11-7-12(3-6-17(11)25-2)8-18(24)23-19-22-16(10-26-19)14-9-13(20)4-5-15(14)21/h3-7,9-10H,8H2,1-2H3,(H,22,23,24). The first kappa shape index (κ1) is 18.7. The minimum atomic E-state index is -0.132. The molecule has 0 saturated carbocycles. The molecule has 0 aliphatic rings. The minimum Gasteiger partial charge on any atom is -0.496 e. The lowest BCUT2D eigenvalue weighted by Gasteiger charge is -2.07. The number of aryl methyl sites for hydroxylation is 1. The number of benzene rings is 2. The molecule has 4 nitrogen and oxygen atoms in total. The van der Waals surface area contributed by atoms with Crippen molar-refractivity contribution in [2.45, 2.75) is 13.3 Å². The molecule has 0 spiro atoms. The van der Waals surface area contributed by atoms with Crippen LogP contribution in [-0.4, -0.2) is 18.0 Å². The van der Waals surface area contributed by atoms with E-state index < -0.39 is 0 Å². The van der Waals surface area contributed by atoms with Gasteiger partial charge in [0.2, 0.25) is 5.91 Å². The van der Waals surface area contributed by atoms with Gasteiger partial charge in [-0.25, -0.2) is 4.98 Å². The second-order valence-corrected chi connectivity index (χ2v) is 7.39. The Kier molecular flexibility index (Phi) is 5.81. The van der Waals surface area contributed by atoms with Gasteiger partial charge in [0.05, 0.1) is 24.2 Å². The molecule has 2 aromatic carbocycles. The Morgan fingerprint density at radius 1 is 1.23 bits per heavy atom.